The number of likely N-dealkylation sites (tertiary alicyclic amines) is 2. The maximum atomic E-state index is 13.3. The van der Waals surface area contributed by atoms with Crippen molar-refractivity contribution in [2.75, 3.05) is 13.1 Å². The predicted octanol–water partition coefficient (Wildman–Crippen LogP) is 7.39. The second kappa shape index (κ2) is 20.6. The molecule has 0 bridgehead atoms. The molecule has 4 amide bonds. The fourth-order valence-corrected chi connectivity index (χ4v) is 7.97. The fourth-order valence-electron chi connectivity index (χ4n) is 7.73. The number of Topliss-reactive ketones (excluding diaryl/α,β-unsaturated/α-hetero) is 1. The molecule has 63 heavy (non-hydrogen) atoms. The summed E-state index contributed by atoms with van der Waals surface area (Å²) in [7, 11) is 0. The zero-order valence-corrected chi connectivity index (χ0v) is 38.1. The van der Waals surface area contributed by atoms with Crippen molar-refractivity contribution in [3.8, 4) is 0 Å². The summed E-state index contributed by atoms with van der Waals surface area (Å²) in [6.45, 7) is 14.5. The Balaban J connectivity index is 0.000000253. The molecule has 14 nitrogen and oxygen atoms in total. The number of allylic oxidation sites excluding steroid dienone is 1. The fraction of sp³-hybridized carbons (Fsp3) is 0.479. The lowest BCUT2D eigenvalue weighted by atomic mass is 9.96. The Bertz CT molecular complexity index is 2170. The summed E-state index contributed by atoms with van der Waals surface area (Å²) < 4.78 is 11.0. The van der Waals surface area contributed by atoms with Gasteiger partial charge in [0.15, 0.2) is 5.78 Å². The molecule has 0 spiro atoms. The van der Waals surface area contributed by atoms with Crippen molar-refractivity contribution >= 4 is 52.4 Å². The van der Waals surface area contributed by atoms with Crippen LogP contribution in [0.25, 0.3) is 5.03 Å². The summed E-state index contributed by atoms with van der Waals surface area (Å²) in [6, 6.07) is 18.2. The SMILES string of the molecule is C[C@H](NC(=O)[C@H]1C[C@H](c2ccccc2)CN1C(=O)OC(C)(C)C)C(=O)CCc1cnc2c(c1)C(Cl)=CC2.C[C@H](NC(=O)[C@H]1C[C@H](c2ccccc2)CN1C(=O)OC(C)(C)C)C(=O)O. The van der Waals surface area contributed by atoms with Crippen LogP contribution in [-0.4, -0.2) is 104 Å². The smallest absolute Gasteiger partial charge is 0.410 e. The first-order valence-corrected chi connectivity index (χ1v) is 21.8. The molecule has 3 N–H and O–H groups in total. The number of carboxylic acid groups (broad SMARTS) is 1. The third-order valence-electron chi connectivity index (χ3n) is 11.0. The number of rotatable bonds is 11. The van der Waals surface area contributed by atoms with Gasteiger partial charge >= 0.3 is 18.2 Å². The van der Waals surface area contributed by atoms with E-state index in [1.165, 1.54) is 16.7 Å². The number of amides is 4. The number of aromatic nitrogens is 1. The molecule has 6 rings (SSSR count). The molecule has 1 aliphatic carbocycles. The second-order valence-electron chi connectivity index (χ2n) is 18.3. The summed E-state index contributed by atoms with van der Waals surface area (Å²) in [6.07, 6.45) is 4.98. The number of hydrogen-bond donors (Lipinski definition) is 3. The standard InChI is InChI=1S/C29H34ClN3O4.C19H26N2O5/c1-18(26(34)13-10-19-14-22-23(30)11-12-24(22)31-16-19)32-27(35)25-15-21(20-8-6-5-7-9-20)17-33(25)28(36)37-29(2,3)4;1-12(17(23)24)20-16(22)15-10-14(13-8-6-5-7-9-13)11-21(15)18(25)26-19(2,3)4/h5-9,11,14,16,18,21,25H,10,12-13,15,17H2,1-4H3,(H,32,35);5-9,12,14-15H,10-11H2,1-4H3,(H,20,22)(H,23,24)/t18-,21-,25+;12-,14-,15+/m00/s1. The van der Waals surface area contributed by atoms with Gasteiger partial charge in [0.05, 0.1) is 11.7 Å². The van der Waals surface area contributed by atoms with Gasteiger partial charge in [0.1, 0.15) is 29.3 Å². The number of ketones is 1. The Morgan fingerprint density at radius 3 is 1.67 bits per heavy atom. The van der Waals surface area contributed by atoms with E-state index < -0.39 is 59.4 Å². The number of nitrogens with one attached hydrogen (secondary N) is 2. The normalized spacial score (nSPS) is 20.3. The van der Waals surface area contributed by atoms with E-state index >= 15 is 0 Å². The van der Waals surface area contributed by atoms with Gasteiger partial charge in [-0.25, -0.2) is 9.59 Å². The number of carboxylic acids is 1. The molecule has 338 valence electrons. The van der Waals surface area contributed by atoms with Crippen LogP contribution in [0.3, 0.4) is 0 Å². The Morgan fingerprint density at radius 1 is 0.762 bits per heavy atom. The monoisotopic (exact) mass is 885 g/mol. The summed E-state index contributed by atoms with van der Waals surface area (Å²) in [4.78, 5) is 82.7. The van der Waals surface area contributed by atoms with Crippen molar-refractivity contribution in [2.45, 2.75) is 135 Å². The van der Waals surface area contributed by atoms with Crippen LogP contribution in [0.2, 0.25) is 0 Å². The van der Waals surface area contributed by atoms with Crippen molar-refractivity contribution in [3.63, 3.8) is 0 Å². The van der Waals surface area contributed by atoms with Crippen LogP contribution in [0.15, 0.2) is 79.0 Å². The quantitative estimate of drug-likeness (QED) is 0.176. The first-order chi connectivity index (χ1) is 29.6. The molecule has 3 aromatic rings. The van der Waals surface area contributed by atoms with Crippen LogP contribution in [0.5, 0.6) is 0 Å². The zero-order chi connectivity index (χ0) is 46.2. The number of ether oxygens (including phenoxy) is 2. The van der Waals surface area contributed by atoms with Gasteiger partial charge in [-0.05, 0) is 97.4 Å². The summed E-state index contributed by atoms with van der Waals surface area (Å²) >= 11 is 6.24. The molecule has 0 radical (unpaired) electrons. The van der Waals surface area contributed by atoms with E-state index in [0.717, 1.165) is 34.4 Å². The average molecular weight is 886 g/mol. The second-order valence-corrected chi connectivity index (χ2v) is 18.7. The molecule has 0 unspecified atom stereocenters. The van der Waals surface area contributed by atoms with Crippen LogP contribution >= 0.6 is 11.6 Å². The van der Waals surface area contributed by atoms with E-state index in [-0.39, 0.29) is 29.9 Å². The molecule has 3 aliphatic rings. The lowest BCUT2D eigenvalue weighted by molar-refractivity contribution is -0.141. The molecule has 2 aliphatic heterocycles. The van der Waals surface area contributed by atoms with Gasteiger partial charge in [0.25, 0.3) is 0 Å². The number of halogens is 1. The number of hydrogen-bond acceptors (Lipinski definition) is 9. The first-order valence-electron chi connectivity index (χ1n) is 21.4. The van der Waals surface area contributed by atoms with Crippen LogP contribution in [0.4, 0.5) is 9.59 Å². The minimum atomic E-state index is -1.13. The summed E-state index contributed by atoms with van der Waals surface area (Å²) in [5.74, 6) is -2.05. The van der Waals surface area contributed by atoms with Gasteiger partial charge in [-0.1, -0.05) is 78.3 Å². The Labute approximate surface area is 374 Å². The summed E-state index contributed by atoms with van der Waals surface area (Å²) in [5, 5.41) is 15.0. The van der Waals surface area contributed by atoms with Crippen LogP contribution in [0.1, 0.15) is 114 Å². The van der Waals surface area contributed by atoms with E-state index in [4.69, 9.17) is 26.2 Å². The number of carbonyl (C=O) groups excluding carboxylic acids is 5. The van der Waals surface area contributed by atoms with Crippen molar-refractivity contribution in [1.82, 2.24) is 25.4 Å². The number of aliphatic carboxylic acids is 1. The highest BCUT2D eigenvalue weighted by molar-refractivity contribution is 6.49. The molecule has 2 aromatic carbocycles. The van der Waals surface area contributed by atoms with Gasteiger partial charge in [-0.3, -0.25) is 34.0 Å². The van der Waals surface area contributed by atoms with Gasteiger partial charge in [-0.15, -0.1) is 0 Å². The van der Waals surface area contributed by atoms with Crippen molar-refractivity contribution in [1.29, 1.82) is 0 Å². The van der Waals surface area contributed by atoms with Crippen molar-refractivity contribution in [3.05, 3.63) is 107 Å². The minimum absolute atomic E-state index is 0.00339. The lowest BCUT2D eigenvalue weighted by Crippen LogP contribution is -2.50. The Hall–Kier alpha value is -5.76. The van der Waals surface area contributed by atoms with Gasteiger partial charge in [-0.2, -0.15) is 0 Å². The van der Waals surface area contributed by atoms with E-state index in [1.54, 1.807) is 54.7 Å². The number of aryl methyl sites for hydroxylation is 1. The molecule has 3 heterocycles. The first kappa shape index (κ1) is 48.3. The van der Waals surface area contributed by atoms with Gasteiger partial charge in [0.2, 0.25) is 11.8 Å². The van der Waals surface area contributed by atoms with Gasteiger partial charge in [0, 0.05) is 54.6 Å². The number of benzene rings is 2. The summed E-state index contributed by atoms with van der Waals surface area (Å²) in [5.41, 5.74) is 3.52. The van der Waals surface area contributed by atoms with E-state index in [9.17, 15) is 28.8 Å². The molecule has 2 fully saturated rings. The maximum absolute atomic E-state index is 13.3. The predicted molar refractivity (Wildman–Crippen MR) is 239 cm³/mol. The highest BCUT2D eigenvalue weighted by Crippen LogP contribution is 2.35. The topological polar surface area (TPSA) is 185 Å². The molecule has 1 aromatic heterocycles. The number of pyridine rings is 1. The van der Waals surface area contributed by atoms with E-state index in [0.29, 0.717) is 37.4 Å². The van der Waals surface area contributed by atoms with Gasteiger partial charge < -0.3 is 25.2 Å². The third-order valence-corrected chi connectivity index (χ3v) is 11.4. The number of fused-ring (bicyclic) bond motifs is 1. The lowest BCUT2D eigenvalue weighted by Gasteiger charge is -2.28. The van der Waals surface area contributed by atoms with Crippen LogP contribution in [-0.2, 0) is 41.5 Å². The third kappa shape index (κ3) is 13.4. The van der Waals surface area contributed by atoms with Crippen molar-refractivity contribution in [2.24, 2.45) is 0 Å². The molecular formula is C48H60ClN5O9. The minimum Gasteiger partial charge on any atom is -0.480 e. The van der Waals surface area contributed by atoms with Crippen molar-refractivity contribution < 1.29 is 43.3 Å². The number of carbonyl (C=O) groups is 6. The average Bonchev–Trinajstić information content (AvgIpc) is 3.97. The highest BCUT2D eigenvalue weighted by atomic mass is 35.5. The largest absolute Gasteiger partial charge is 0.480 e. The molecule has 2 saturated heterocycles. The Kier molecular flexibility index (Phi) is 15.8. The van der Waals surface area contributed by atoms with E-state index in [2.05, 4.69) is 15.6 Å². The van der Waals surface area contributed by atoms with E-state index in [1.807, 2.05) is 72.8 Å². The number of nitrogens with zero attached hydrogens (tertiary/aromatic N) is 3. The maximum Gasteiger partial charge on any atom is 0.410 e. The molecular weight excluding hydrogens is 826 g/mol. The molecule has 15 heteroatoms. The van der Waals surface area contributed by atoms with Crippen LogP contribution in [0, 0.1) is 0 Å². The Morgan fingerprint density at radius 2 is 1.22 bits per heavy atom. The van der Waals surface area contributed by atoms with Crippen LogP contribution < -0.4 is 10.6 Å². The molecule has 6 atom stereocenters. The highest BCUT2D eigenvalue weighted by Gasteiger charge is 2.44. The zero-order valence-electron chi connectivity index (χ0n) is 37.4. The molecule has 0 saturated carbocycles.